The van der Waals surface area contributed by atoms with Gasteiger partial charge in [0.2, 0.25) is 0 Å². The maximum absolute atomic E-state index is 10.7. The van der Waals surface area contributed by atoms with E-state index in [0.717, 1.165) is 18.6 Å². The molecule has 1 rings (SSSR count). The molecule has 1 aromatic rings. The third-order valence-electron chi connectivity index (χ3n) is 2.57. The maximum Gasteiger partial charge on any atom is 0.274 e. The lowest BCUT2D eigenvalue weighted by atomic mass is 10.1. The van der Waals surface area contributed by atoms with Crippen LogP contribution in [0.2, 0.25) is 0 Å². The number of ether oxygens (including phenoxy) is 1. The Balaban J connectivity index is 2.54. The largest absolute Gasteiger partial charge is 0.493 e. The highest BCUT2D eigenvalue weighted by atomic mass is 79.9. The Morgan fingerprint density at radius 1 is 1.44 bits per heavy atom. The predicted octanol–water partition coefficient (Wildman–Crippen LogP) is 4.08. The summed E-state index contributed by atoms with van der Waals surface area (Å²) >= 11 is 7.41. The van der Waals surface area contributed by atoms with Crippen LogP contribution >= 0.6 is 28.6 Å². The van der Waals surface area contributed by atoms with E-state index < -0.39 is 4.92 Å². The zero-order valence-corrected chi connectivity index (χ0v) is 12.6. The van der Waals surface area contributed by atoms with E-state index in [0.29, 0.717) is 22.7 Å². The minimum atomic E-state index is -0.429. The Kier molecular flexibility index (Phi) is 6.49. The van der Waals surface area contributed by atoms with E-state index in [2.05, 4.69) is 35.5 Å². The Hall–Kier alpha value is -0.750. The van der Waals surface area contributed by atoms with Crippen LogP contribution < -0.4 is 4.74 Å². The monoisotopic (exact) mass is 333 g/mol. The van der Waals surface area contributed by atoms with Crippen molar-refractivity contribution in [2.24, 2.45) is 5.92 Å². The molecule has 0 fully saturated rings. The van der Waals surface area contributed by atoms with Gasteiger partial charge in [0.25, 0.3) is 5.69 Å². The van der Waals surface area contributed by atoms with E-state index in [1.165, 1.54) is 12.1 Å². The van der Waals surface area contributed by atoms with Gasteiger partial charge in [-0.05, 0) is 30.6 Å². The van der Waals surface area contributed by atoms with Crippen LogP contribution in [0, 0.1) is 16.0 Å². The van der Waals surface area contributed by atoms with Gasteiger partial charge in [0.1, 0.15) is 5.75 Å². The highest BCUT2D eigenvalue weighted by molar-refractivity contribution is 9.10. The van der Waals surface area contributed by atoms with E-state index >= 15 is 0 Å². The van der Waals surface area contributed by atoms with Crippen LogP contribution in [-0.4, -0.2) is 17.3 Å². The fraction of sp³-hybridized carbons (Fsp3) is 0.500. The quantitative estimate of drug-likeness (QED) is 0.464. The van der Waals surface area contributed by atoms with Gasteiger partial charge in [-0.25, -0.2) is 0 Å². The second kappa shape index (κ2) is 7.63. The molecule has 1 atom stereocenters. The molecule has 6 heteroatoms. The summed E-state index contributed by atoms with van der Waals surface area (Å²) in [5.41, 5.74) is 0.0304. The van der Waals surface area contributed by atoms with Gasteiger partial charge in [0, 0.05) is 10.5 Å². The number of hydrogen-bond donors (Lipinski definition) is 1. The first-order chi connectivity index (χ1) is 8.52. The zero-order valence-electron chi connectivity index (χ0n) is 10.1. The van der Waals surface area contributed by atoms with Gasteiger partial charge < -0.3 is 4.74 Å². The molecule has 1 unspecified atom stereocenters. The van der Waals surface area contributed by atoms with Gasteiger partial charge in [-0.3, -0.25) is 10.1 Å². The van der Waals surface area contributed by atoms with E-state index in [-0.39, 0.29) is 5.69 Å². The second-order valence-corrected chi connectivity index (χ2v) is 5.52. The number of nitrogens with zero attached hydrogens (tertiary/aromatic N) is 1. The Labute approximate surface area is 120 Å². The van der Waals surface area contributed by atoms with Gasteiger partial charge >= 0.3 is 0 Å². The number of rotatable bonds is 7. The van der Waals surface area contributed by atoms with Crippen molar-refractivity contribution < 1.29 is 9.66 Å². The van der Waals surface area contributed by atoms with Gasteiger partial charge in [0.15, 0.2) is 0 Å². The third kappa shape index (κ3) is 5.27. The lowest BCUT2D eigenvalue weighted by molar-refractivity contribution is -0.385. The normalized spacial score (nSPS) is 12.2. The molecule has 0 saturated heterocycles. The molecule has 0 aliphatic heterocycles. The van der Waals surface area contributed by atoms with Crippen molar-refractivity contribution in [2.75, 3.05) is 12.4 Å². The zero-order chi connectivity index (χ0) is 13.5. The topological polar surface area (TPSA) is 52.4 Å². The Morgan fingerprint density at radius 2 is 2.17 bits per heavy atom. The first-order valence-corrected chi connectivity index (χ1v) is 7.14. The van der Waals surface area contributed by atoms with Crippen LogP contribution in [0.25, 0.3) is 0 Å². The van der Waals surface area contributed by atoms with Crippen molar-refractivity contribution >= 4 is 34.2 Å². The van der Waals surface area contributed by atoms with Gasteiger partial charge in [-0.15, -0.1) is 0 Å². The summed E-state index contributed by atoms with van der Waals surface area (Å²) in [4.78, 5) is 10.3. The molecule has 100 valence electrons. The average Bonchev–Trinajstić information content (AvgIpc) is 2.28. The molecule has 0 aliphatic carbocycles. The van der Waals surface area contributed by atoms with Crippen molar-refractivity contribution in [1.82, 2.24) is 0 Å². The van der Waals surface area contributed by atoms with Crippen molar-refractivity contribution in [3.05, 3.63) is 32.8 Å². The smallest absolute Gasteiger partial charge is 0.274 e. The van der Waals surface area contributed by atoms with Crippen LogP contribution in [-0.2, 0) is 0 Å². The summed E-state index contributed by atoms with van der Waals surface area (Å²) < 4.78 is 6.18. The molecular formula is C12H16BrNO3S. The van der Waals surface area contributed by atoms with Crippen molar-refractivity contribution in [3.63, 3.8) is 0 Å². The molecule has 18 heavy (non-hydrogen) atoms. The fourth-order valence-electron chi connectivity index (χ4n) is 1.48. The number of halogens is 1. The summed E-state index contributed by atoms with van der Waals surface area (Å²) in [6.07, 6.45) is 1.96. The standard InChI is InChI=1S/C12H16BrNO3S/c1-9(3-5-18)2-4-17-12-7-10(13)6-11(8-12)14(15)16/h6-9,18H,2-5H2,1H3. The molecule has 0 aromatic heterocycles. The van der Waals surface area contributed by atoms with Crippen LogP contribution in [0.15, 0.2) is 22.7 Å². The molecular weight excluding hydrogens is 318 g/mol. The number of nitro benzene ring substituents is 1. The van der Waals surface area contributed by atoms with Crippen LogP contribution in [0.5, 0.6) is 5.75 Å². The van der Waals surface area contributed by atoms with Gasteiger partial charge in [0.05, 0.1) is 17.6 Å². The van der Waals surface area contributed by atoms with Crippen LogP contribution in [0.3, 0.4) is 0 Å². The summed E-state index contributed by atoms with van der Waals surface area (Å²) in [6, 6.07) is 4.63. The van der Waals surface area contributed by atoms with E-state index in [1.807, 2.05) is 0 Å². The second-order valence-electron chi connectivity index (χ2n) is 4.16. The van der Waals surface area contributed by atoms with E-state index in [1.54, 1.807) is 6.07 Å². The molecule has 0 aliphatic rings. The Bertz CT molecular complexity index is 414. The number of nitro groups is 1. The summed E-state index contributed by atoms with van der Waals surface area (Å²) in [5.74, 6) is 1.93. The highest BCUT2D eigenvalue weighted by Gasteiger charge is 2.10. The SMILES string of the molecule is CC(CCS)CCOc1cc(Br)cc([N+](=O)[O-])c1. The van der Waals surface area contributed by atoms with E-state index in [9.17, 15) is 10.1 Å². The van der Waals surface area contributed by atoms with Crippen LogP contribution in [0.4, 0.5) is 5.69 Å². The molecule has 0 saturated carbocycles. The summed E-state index contributed by atoms with van der Waals surface area (Å²) in [6.45, 7) is 2.70. The van der Waals surface area contributed by atoms with Crippen LogP contribution in [0.1, 0.15) is 19.8 Å². The number of non-ortho nitro benzene ring substituents is 1. The third-order valence-corrected chi connectivity index (χ3v) is 3.28. The average molecular weight is 334 g/mol. The molecule has 0 spiro atoms. The van der Waals surface area contributed by atoms with E-state index in [4.69, 9.17) is 4.74 Å². The van der Waals surface area contributed by atoms with Crippen molar-refractivity contribution in [1.29, 1.82) is 0 Å². The highest BCUT2D eigenvalue weighted by Crippen LogP contribution is 2.26. The fourth-order valence-corrected chi connectivity index (χ4v) is 2.38. The lowest BCUT2D eigenvalue weighted by Crippen LogP contribution is -2.05. The number of hydrogen-bond acceptors (Lipinski definition) is 4. The Morgan fingerprint density at radius 3 is 2.78 bits per heavy atom. The number of thiol groups is 1. The summed E-state index contributed by atoms with van der Waals surface area (Å²) in [5, 5.41) is 10.7. The molecule has 1 aromatic carbocycles. The minimum Gasteiger partial charge on any atom is -0.493 e. The first kappa shape index (κ1) is 15.3. The molecule has 0 radical (unpaired) electrons. The number of benzene rings is 1. The minimum absolute atomic E-state index is 0.0304. The molecule has 0 bridgehead atoms. The lowest BCUT2D eigenvalue weighted by Gasteiger charge is -2.11. The predicted molar refractivity (Wildman–Crippen MR) is 78.5 cm³/mol. The van der Waals surface area contributed by atoms with Crippen molar-refractivity contribution in [2.45, 2.75) is 19.8 Å². The summed E-state index contributed by atoms with van der Waals surface area (Å²) in [7, 11) is 0. The van der Waals surface area contributed by atoms with Gasteiger partial charge in [-0.1, -0.05) is 22.9 Å². The first-order valence-electron chi connectivity index (χ1n) is 5.71. The molecule has 0 amide bonds. The van der Waals surface area contributed by atoms with Crippen molar-refractivity contribution in [3.8, 4) is 5.75 Å². The maximum atomic E-state index is 10.7. The molecule has 4 nitrogen and oxygen atoms in total. The molecule has 0 N–H and O–H groups in total. The molecule has 0 heterocycles. The van der Waals surface area contributed by atoms with Gasteiger partial charge in [-0.2, -0.15) is 12.6 Å².